The van der Waals surface area contributed by atoms with Gasteiger partial charge in [-0.1, -0.05) is 0 Å². The van der Waals surface area contributed by atoms with Gasteiger partial charge in [0, 0.05) is 38.2 Å². The van der Waals surface area contributed by atoms with Crippen LogP contribution in [-0.4, -0.2) is 65.0 Å². The summed E-state index contributed by atoms with van der Waals surface area (Å²) in [4.78, 5) is 31.8. The highest BCUT2D eigenvalue weighted by Crippen LogP contribution is 2.36. The Hall–Kier alpha value is -2.69. The highest BCUT2D eigenvalue weighted by molar-refractivity contribution is 6.63. The summed E-state index contributed by atoms with van der Waals surface area (Å²) in [5.74, 6) is 0.438. The molecule has 0 radical (unpaired) electrons. The Morgan fingerprint density at radius 1 is 1.09 bits per heavy atom. The van der Waals surface area contributed by atoms with Crippen LogP contribution in [-0.2, 0) is 21.1 Å². The number of nitrogens with zero attached hydrogens (tertiary/aromatic N) is 3. The lowest BCUT2D eigenvalue weighted by Crippen LogP contribution is -2.48. The van der Waals surface area contributed by atoms with Crippen LogP contribution < -0.4 is 16.3 Å². The van der Waals surface area contributed by atoms with Crippen LogP contribution in [0.15, 0.2) is 35.4 Å². The number of ether oxygens (including phenoxy) is 1. The number of aromatic nitrogens is 2. The first kappa shape index (κ1) is 22.5. The van der Waals surface area contributed by atoms with Crippen molar-refractivity contribution in [1.29, 1.82) is 0 Å². The number of carbonyl (C=O) groups excluding carboxylic acids is 1. The third-order valence-electron chi connectivity index (χ3n) is 6.37. The molecular formula is C22H29BN4O5. The van der Waals surface area contributed by atoms with Crippen molar-refractivity contribution in [3.8, 4) is 0 Å². The van der Waals surface area contributed by atoms with E-state index in [2.05, 4.69) is 10.3 Å². The Labute approximate surface area is 187 Å². The van der Waals surface area contributed by atoms with Gasteiger partial charge in [-0.15, -0.1) is 0 Å². The van der Waals surface area contributed by atoms with Gasteiger partial charge in [-0.2, -0.15) is 0 Å². The molecule has 1 amide bonds. The van der Waals surface area contributed by atoms with Gasteiger partial charge in [0.15, 0.2) is 0 Å². The molecule has 10 heteroatoms. The Morgan fingerprint density at radius 3 is 2.34 bits per heavy atom. The number of amides is 1. The van der Waals surface area contributed by atoms with E-state index in [-0.39, 0.29) is 11.5 Å². The first-order chi connectivity index (χ1) is 15.1. The number of carbonyl (C=O) groups is 1. The Bertz CT molecular complexity index is 1040. The molecule has 0 bridgehead atoms. The van der Waals surface area contributed by atoms with E-state index in [1.54, 1.807) is 36.3 Å². The van der Waals surface area contributed by atoms with E-state index in [1.807, 2.05) is 27.7 Å². The van der Waals surface area contributed by atoms with Gasteiger partial charge < -0.3 is 28.8 Å². The third-order valence-corrected chi connectivity index (χ3v) is 6.37. The van der Waals surface area contributed by atoms with Crippen molar-refractivity contribution < 1.29 is 18.8 Å². The lowest BCUT2D eigenvalue weighted by atomic mass is 9.78. The normalized spacial score (nSPS) is 19.8. The zero-order valence-corrected chi connectivity index (χ0v) is 19.2. The largest absolute Gasteiger partial charge is 0.502 e. The molecule has 0 atom stereocenters. The van der Waals surface area contributed by atoms with E-state index < -0.39 is 18.3 Å². The minimum atomic E-state index is -0.815. The van der Waals surface area contributed by atoms with Gasteiger partial charge in [-0.05, 0) is 45.9 Å². The monoisotopic (exact) mass is 440 g/mol. The summed E-state index contributed by atoms with van der Waals surface area (Å²) >= 11 is 0. The summed E-state index contributed by atoms with van der Waals surface area (Å²) in [6.45, 7) is 10.0. The van der Waals surface area contributed by atoms with E-state index in [0.717, 1.165) is 0 Å². The van der Waals surface area contributed by atoms with Crippen LogP contribution in [0.4, 0.5) is 11.5 Å². The Balaban J connectivity index is 1.58. The fourth-order valence-electron chi connectivity index (χ4n) is 3.63. The van der Waals surface area contributed by atoms with Gasteiger partial charge in [-0.3, -0.25) is 9.59 Å². The molecule has 4 rings (SSSR count). The molecule has 2 fully saturated rings. The van der Waals surface area contributed by atoms with Crippen molar-refractivity contribution in [1.82, 2.24) is 14.5 Å². The van der Waals surface area contributed by atoms with Crippen molar-refractivity contribution >= 4 is 30.0 Å². The van der Waals surface area contributed by atoms with E-state index in [9.17, 15) is 9.59 Å². The van der Waals surface area contributed by atoms with E-state index in [1.165, 1.54) is 10.8 Å². The third kappa shape index (κ3) is 4.17. The minimum absolute atomic E-state index is 0.0705. The quantitative estimate of drug-likeness (QED) is 0.717. The fraction of sp³-hybridized carbons (Fsp3) is 0.500. The van der Waals surface area contributed by atoms with Crippen molar-refractivity contribution in [2.75, 3.05) is 31.6 Å². The number of hydrogen-bond acceptors (Lipinski definition) is 7. The highest BCUT2D eigenvalue weighted by atomic mass is 16.7. The standard InChI is InChI=1S/C22H29BN4O5/c1-21(2)22(3,4)32-23(31-21)18-16(8-9-26(5)20(18)29)25-17-7-6-15(14-24-17)19(28)27-10-12-30-13-11-27/h6-9,14H,10-13H2,1-5H3,(H,24,25). The van der Waals surface area contributed by atoms with Crippen LogP contribution in [0.1, 0.15) is 38.1 Å². The molecule has 0 spiro atoms. The van der Waals surface area contributed by atoms with Crippen LogP contribution in [0.2, 0.25) is 0 Å². The maximum Gasteiger partial charge on any atom is 0.502 e. The summed E-state index contributed by atoms with van der Waals surface area (Å²) in [5.41, 5.74) is 0.0703. The summed E-state index contributed by atoms with van der Waals surface area (Å²) < 4.78 is 19.0. The van der Waals surface area contributed by atoms with Crippen molar-refractivity contribution in [3.05, 3.63) is 46.5 Å². The molecule has 1 N–H and O–H groups in total. The molecule has 2 aromatic rings. The topological polar surface area (TPSA) is 94.9 Å². The van der Waals surface area contributed by atoms with Crippen LogP contribution in [0.5, 0.6) is 0 Å². The average molecular weight is 440 g/mol. The number of rotatable bonds is 4. The number of pyridine rings is 2. The van der Waals surface area contributed by atoms with Gasteiger partial charge in [0.2, 0.25) is 0 Å². The molecule has 0 saturated carbocycles. The Kier molecular flexibility index (Phi) is 5.87. The van der Waals surface area contributed by atoms with E-state index in [0.29, 0.717) is 48.8 Å². The number of nitrogens with one attached hydrogen (secondary N) is 1. The first-order valence-corrected chi connectivity index (χ1v) is 10.7. The molecule has 2 aromatic heterocycles. The lowest BCUT2D eigenvalue weighted by Gasteiger charge is -2.32. The van der Waals surface area contributed by atoms with Crippen molar-refractivity contribution in [2.45, 2.75) is 38.9 Å². The SMILES string of the molecule is Cn1ccc(Nc2ccc(C(=O)N3CCOCC3)cn2)c(B2OC(C)(C)C(C)(C)O2)c1=O. The van der Waals surface area contributed by atoms with Crippen molar-refractivity contribution in [2.24, 2.45) is 7.05 Å². The predicted octanol–water partition coefficient (Wildman–Crippen LogP) is 1.30. The van der Waals surface area contributed by atoms with Gasteiger partial charge in [0.1, 0.15) is 5.82 Å². The van der Waals surface area contributed by atoms with Crippen LogP contribution in [0.3, 0.4) is 0 Å². The van der Waals surface area contributed by atoms with Gasteiger partial charge >= 0.3 is 7.12 Å². The first-order valence-electron chi connectivity index (χ1n) is 10.7. The molecule has 9 nitrogen and oxygen atoms in total. The molecule has 2 saturated heterocycles. The minimum Gasteiger partial charge on any atom is -0.399 e. The second-order valence-corrected chi connectivity index (χ2v) is 9.11. The zero-order valence-electron chi connectivity index (χ0n) is 19.2. The molecule has 0 aliphatic carbocycles. The highest BCUT2D eigenvalue weighted by Gasteiger charge is 2.53. The smallest absolute Gasteiger partial charge is 0.399 e. The summed E-state index contributed by atoms with van der Waals surface area (Å²) in [7, 11) is 0.870. The van der Waals surface area contributed by atoms with Crippen LogP contribution in [0, 0.1) is 0 Å². The fourth-order valence-corrected chi connectivity index (χ4v) is 3.63. The zero-order chi connectivity index (χ0) is 23.1. The molecular weight excluding hydrogens is 411 g/mol. The van der Waals surface area contributed by atoms with Gasteiger partial charge in [0.25, 0.3) is 11.5 Å². The lowest BCUT2D eigenvalue weighted by molar-refractivity contribution is 0.00578. The Morgan fingerprint density at radius 2 is 1.75 bits per heavy atom. The van der Waals surface area contributed by atoms with Gasteiger partial charge in [0.05, 0.1) is 35.4 Å². The molecule has 0 aromatic carbocycles. The molecule has 4 heterocycles. The number of morpholine rings is 1. The predicted molar refractivity (Wildman–Crippen MR) is 122 cm³/mol. The summed E-state index contributed by atoms with van der Waals surface area (Å²) in [6, 6.07) is 5.23. The van der Waals surface area contributed by atoms with Crippen molar-refractivity contribution in [3.63, 3.8) is 0 Å². The number of hydrogen-bond donors (Lipinski definition) is 1. The summed E-state index contributed by atoms with van der Waals surface area (Å²) in [6.07, 6.45) is 3.21. The number of anilines is 2. The second kappa shape index (κ2) is 8.34. The van der Waals surface area contributed by atoms with Gasteiger partial charge in [-0.25, -0.2) is 4.98 Å². The molecule has 170 valence electrons. The second-order valence-electron chi connectivity index (χ2n) is 9.11. The van der Waals surface area contributed by atoms with Crippen LogP contribution in [0.25, 0.3) is 0 Å². The molecule has 0 unspecified atom stereocenters. The molecule has 2 aliphatic heterocycles. The number of aryl methyl sites for hydroxylation is 1. The molecule has 2 aliphatic rings. The average Bonchev–Trinajstić information content (AvgIpc) is 2.98. The maximum atomic E-state index is 13.0. The van der Waals surface area contributed by atoms with E-state index in [4.69, 9.17) is 14.0 Å². The van der Waals surface area contributed by atoms with Crippen LogP contribution >= 0.6 is 0 Å². The maximum absolute atomic E-state index is 13.0. The molecule has 32 heavy (non-hydrogen) atoms. The summed E-state index contributed by atoms with van der Waals surface area (Å²) in [5, 5.41) is 3.19. The van der Waals surface area contributed by atoms with E-state index >= 15 is 0 Å².